The first kappa shape index (κ1) is 15.7. The Morgan fingerprint density at radius 1 is 1.40 bits per heavy atom. The maximum absolute atomic E-state index is 12.0. The van der Waals surface area contributed by atoms with E-state index in [-0.39, 0.29) is 5.69 Å². The fraction of sp³-hybridized carbons (Fsp3) is 0.417. The first-order valence-corrected chi connectivity index (χ1v) is 5.85. The molecule has 1 aromatic heterocycles. The van der Waals surface area contributed by atoms with Crippen molar-refractivity contribution in [3.8, 4) is 0 Å². The molecule has 1 amide bonds. The molecule has 0 aromatic carbocycles. The molecule has 0 aliphatic carbocycles. The number of aromatic nitrogens is 1. The van der Waals surface area contributed by atoms with Crippen LogP contribution in [0.15, 0.2) is 18.3 Å². The summed E-state index contributed by atoms with van der Waals surface area (Å²) in [6, 6.07) is 1.69. The zero-order valence-corrected chi connectivity index (χ0v) is 10.9. The van der Waals surface area contributed by atoms with Gasteiger partial charge in [0.25, 0.3) is 5.91 Å². The highest BCUT2D eigenvalue weighted by atomic mass is 16.5. The molecule has 110 valence electrons. The van der Waals surface area contributed by atoms with Crippen LogP contribution in [0.1, 0.15) is 16.9 Å². The Morgan fingerprint density at radius 2 is 2.10 bits per heavy atom. The first-order valence-electron chi connectivity index (χ1n) is 5.85. The quantitative estimate of drug-likeness (QED) is 0.608. The minimum absolute atomic E-state index is 0.249. The molecule has 0 aliphatic heterocycles. The van der Waals surface area contributed by atoms with Crippen molar-refractivity contribution in [3.05, 3.63) is 24.0 Å². The van der Waals surface area contributed by atoms with E-state index in [1.807, 2.05) is 0 Å². The van der Waals surface area contributed by atoms with Crippen LogP contribution < -0.4 is 5.32 Å². The van der Waals surface area contributed by atoms with Crippen molar-refractivity contribution in [2.75, 3.05) is 13.7 Å². The van der Waals surface area contributed by atoms with Gasteiger partial charge in [-0.2, -0.15) is 0 Å². The topological polar surface area (TPSA) is 118 Å². The number of hydrogen-bond donors (Lipinski definition) is 3. The van der Waals surface area contributed by atoms with Crippen molar-refractivity contribution in [1.82, 2.24) is 9.88 Å². The molecule has 0 spiro atoms. The van der Waals surface area contributed by atoms with E-state index >= 15 is 0 Å². The average Bonchev–Trinajstić information content (AvgIpc) is 2.83. The molecule has 1 rings (SSSR count). The van der Waals surface area contributed by atoms with E-state index < -0.39 is 30.3 Å². The zero-order chi connectivity index (χ0) is 15.1. The van der Waals surface area contributed by atoms with Gasteiger partial charge < -0.3 is 24.8 Å². The highest BCUT2D eigenvalue weighted by molar-refractivity contribution is 5.96. The zero-order valence-electron chi connectivity index (χ0n) is 10.9. The fourth-order valence-electron chi connectivity index (χ4n) is 1.61. The SMILES string of the molecule is COCCn1cccc1C(=O)N[C@H](CC(=O)O)C(=O)O. The van der Waals surface area contributed by atoms with E-state index in [2.05, 4.69) is 5.32 Å². The van der Waals surface area contributed by atoms with Gasteiger partial charge in [0, 0.05) is 19.9 Å². The van der Waals surface area contributed by atoms with Crippen LogP contribution in [0.2, 0.25) is 0 Å². The number of amides is 1. The van der Waals surface area contributed by atoms with E-state index in [0.717, 1.165) is 0 Å². The molecule has 1 heterocycles. The Kier molecular flexibility index (Phi) is 5.73. The number of nitrogens with one attached hydrogen (secondary N) is 1. The second kappa shape index (κ2) is 7.29. The molecule has 3 N–H and O–H groups in total. The molecule has 0 bridgehead atoms. The maximum Gasteiger partial charge on any atom is 0.326 e. The lowest BCUT2D eigenvalue weighted by atomic mass is 10.2. The van der Waals surface area contributed by atoms with Gasteiger partial charge in [0.2, 0.25) is 0 Å². The van der Waals surface area contributed by atoms with Gasteiger partial charge in [-0.05, 0) is 12.1 Å². The molecule has 8 nitrogen and oxygen atoms in total. The minimum Gasteiger partial charge on any atom is -0.481 e. The predicted octanol–water partition coefficient (Wildman–Crippen LogP) is -0.208. The number of nitrogens with zero attached hydrogens (tertiary/aromatic N) is 1. The largest absolute Gasteiger partial charge is 0.481 e. The summed E-state index contributed by atoms with van der Waals surface area (Å²) in [7, 11) is 1.52. The van der Waals surface area contributed by atoms with Gasteiger partial charge in [0.15, 0.2) is 0 Å². The predicted molar refractivity (Wildman–Crippen MR) is 67.5 cm³/mol. The van der Waals surface area contributed by atoms with Gasteiger partial charge in [-0.15, -0.1) is 0 Å². The third-order valence-corrected chi connectivity index (χ3v) is 2.58. The molecular formula is C12H16N2O6. The molecule has 8 heteroatoms. The monoisotopic (exact) mass is 284 g/mol. The van der Waals surface area contributed by atoms with Crippen LogP contribution in [0.5, 0.6) is 0 Å². The molecule has 0 unspecified atom stereocenters. The van der Waals surface area contributed by atoms with Crippen molar-refractivity contribution in [2.24, 2.45) is 0 Å². The summed E-state index contributed by atoms with van der Waals surface area (Å²) in [6.07, 6.45) is 0.973. The summed E-state index contributed by atoms with van der Waals surface area (Å²) in [5.74, 6) is -3.33. The molecule has 0 aliphatic rings. The number of carboxylic acids is 2. The maximum atomic E-state index is 12.0. The summed E-state index contributed by atoms with van der Waals surface area (Å²) in [4.78, 5) is 33.4. The lowest BCUT2D eigenvalue weighted by molar-refractivity contribution is -0.145. The van der Waals surface area contributed by atoms with E-state index in [4.69, 9.17) is 14.9 Å². The third kappa shape index (κ3) is 4.39. The molecule has 1 atom stereocenters. The Labute approximate surface area is 115 Å². The van der Waals surface area contributed by atoms with Crippen molar-refractivity contribution < 1.29 is 29.3 Å². The summed E-state index contributed by atoms with van der Waals surface area (Å²) >= 11 is 0. The van der Waals surface area contributed by atoms with Crippen LogP contribution in [0.4, 0.5) is 0 Å². The van der Waals surface area contributed by atoms with Gasteiger partial charge in [-0.3, -0.25) is 9.59 Å². The number of aliphatic carboxylic acids is 2. The van der Waals surface area contributed by atoms with E-state index in [0.29, 0.717) is 13.2 Å². The van der Waals surface area contributed by atoms with Crippen LogP contribution in [0.25, 0.3) is 0 Å². The summed E-state index contributed by atoms with van der Waals surface area (Å²) in [6.45, 7) is 0.829. The molecule has 0 fully saturated rings. The lowest BCUT2D eigenvalue weighted by Gasteiger charge is -2.14. The van der Waals surface area contributed by atoms with Crippen molar-refractivity contribution >= 4 is 17.8 Å². The second-order valence-electron chi connectivity index (χ2n) is 4.04. The van der Waals surface area contributed by atoms with Crippen molar-refractivity contribution in [2.45, 2.75) is 19.0 Å². The van der Waals surface area contributed by atoms with Crippen LogP contribution in [-0.2, 0) is 20.9 Å². The number of carbonyl (C=O) groups excluding carboxylic acids is 1. The first-order chi connectivity index (χ1) is 9.45. The van der Waals surface area contributed by atoms with Crippen molar-refractivity contribution in [1.29, 1.82) is 0 Å². The number of methoxy groups -OCH3 is 1. The van der Waals surface area contributed by atoms with Gasteiger partial charge in [-0.25, -0.2) is 4.79 Å². The minimum atomic E-state index is -1.47. The van der Waals surface area contributed by atoms with E-state index in [1.54, 1.807) is 16.8 Å². The molecular weight excluding hydrogens is 268 g/mol. The van der Waals surface area contributed by atoms with E-state index in [1.165, 1.54) is 13.2 Å². The fourth-order valence-corrected chi connectivity index (χ4v) is 1.61. The normalized spacial score (nSPS) is 11.8. The number of carboxylic acid groups (broad SMARTS) is 2. The van der Waals surface area contributed by atoms with E-state index in [9.17, 15) is 14.4 Å². The number of rotatable bonds is 8. The van der Waals surface area contributed by atoms with Crippen LogP contribution in [-0.4, -0.2) is 52.4 Å². The van der Waals surface area contributed by atoms with Crippen LogP contribution in [0, 0.1) is 0 Å². The Bertz CT molecular complexity index is 496. The van der Waals surface area contributed by atoms with Gasteiger partial charge in [0.05, 0.1) is 13.0 Å². The molecule has 1 aromatic rings. The Hall–Kier alpha value is -2.35. The highest BCUT2D eigenvalue weighted by Crippen LogP contribution is 2.04. The van der Waals surface area contributed by atoms with Crippen LogP contribution in [0.3, 0.4) is 0 Å². The van der Waals surface area contributed by atoms with Gasteiger partial charge in [-0.1, -0.05) is 0 Å². The molecule has 0 saturated heterocycles. The Balaban J connectivity index is 2.76. The molecule has 20 heavy (non-hydrogen) atoms. The lowest BCUT2D eigenvalue weighted by Crippen LogP contribution is -2.42. The standard InChI is InChI=1S/C12H16N2O6/c1-20-6-5-14-4-2-3-9(14)11(17)13-8(12(18)19)7-10(15)16/h2-4,8H,5-7H2,1H3,(H,13,17)(H,15,16)(H,18,19)/t8-/m1/s1. The third-order valence-electron chi connectivity index (χ3n) is 2.58. The summed E-state index contributed by atoms with van der Waals surface area (Å²) in [5.41, 5.74) is 0.249. The van der Waals surface area contributed by atoms with Gasteiger partial charge in [0.1, 0.15) is 11.7 Å². The molecule has 0 radical (unpaired) electrons. The van der Waals surface area contributed by atoms with Crippen molar-refractivity contribution in [3.63, 3.8) is 0 Å². The number of hydrogen-bond acceptors (Lipinski definition) is 4. The highest BCUT2D eigenvalue weighted by Gasteiger charge is 2.24. The second-order valence-corrected chi connectivity index (χ2v) is 4.04. The smallest absolute Gasteiger partial charge is 0.326 e. The van der Waals surface area contributed by atoms with Gasteiger partial charge >= 0.3 is 11.9 Å². The molecule has 0 saturated carbocycles. The number of carbonyl (C=O) groups is 3. The average molecular weight is 284 g/mol. The number of ether oxygens (including phenoxy) is 1. The van der Waals surface area contributed by atoms with Crippen LogP contribution >= 0.6 is 0 Å². The summed E-state index contributed by atoms with van der Waals surface area (Å²) < 4.78 is 6.49. The Morgan fingerprint density at radius 3 is 2.65 bits per heavy atom. The summed E-state index contributed by atoms with van der Waals surface area (Å²) in [5, 5.41) is 19.7.